The first-order valence-electron chi connectivity index (χ1n) is 16.7. The Bertz CT molecular complexity index is 1580. The molecular weight excluding hydrogens is 605 g/mol. The minimum absolute atomic E-state index is 0.0863. The molecule has 0 aliphatic carbocycles. The van der Waals surface area contributed by atoms with Crippen LogP contribution in [0.25, 0.3) is 32.7 Å². The summed E-state index contributed by atoms with van der Waals surface area (Å²) in [5.41, 5.74) is 1.97. The highest BCUT2D eigenvalue weighted by atomic mass is 28.3. The largest absolute Gasteiger partial charge is 0.467 e. The van der Waals surface area contributed by atoms with Crippen LogP contribution in [0, 0.1) is 0 Å². The van der Waals surface area contributed by atoms with Crippen LogP contribution in [0.2, 0.25) is 48.4 Å². The second-order valence-corrected chi connectivity index (χ2v) is 27.3. The van der Waals surface area contributed by atoms with Gasteiger partial charge >= 0.3 is 0 Å². The maximum absolute atomic E-state index is 6.41. The fraction of sp³-hybridized carbons (Fsp3) is 0.487. The van der Waals surface area contributed by atoms with Crippen molar-refractivity contribution in [3.8, 4) is 22.6 Å². The van der Waals surface area contributed by atoms with E-state index in [0.717, 1.165) is 56.3 Å². The van der Waals surface area contributed by atoms with Crippen molar-refractivity contribution in [2.75, 3.05) is 33.6 Å². The van der Waals surface area contributed by atoms with Gasteiger partial charge in [0.15, 0.2) is 20.4 Å². The van der Waals surface area contributed by atoms with Crippen LogP contribution < -0.4 is 9.47 Å². The summed E-state index contributed by atoms with van der Waals surface area (Å²) in [6.07, 6.45) is 0. The molecule has 0 saturated heterocycles. The maximum atomic E-state index is 6.41. The molecule has 0 radical (unpaired) electrons. The Morgan fingerprint density at radius 3 is 1.30 bits per heavy atom. The Hall–Kier alpha value is -2.69. The molecule has 0 N–H and O–H groups in total. The van der Waals surface area contributed by atoms with Gasteiger partial charge in [-0.3, -0.25) is 0 Å². The lowest BCUT2D eigenvalue weighted by molar-refractivity contribution is -0.0960. The molecule has 250 valence electrons. The minimum Gasteiger partial charge on any atom is -0.467 e. The second kappa shape index (κ2) is 15.0. The monoisotopic (exact) mass is 660 g/mol. The molecule has 0 fully saturated rings. The second-order valence-electron chi connectivity index (χ2n) is 15.8. The molecule has 46 heavy (non-hydrogen) atoms. The molecule has 0 aromatic heterocycles. The fourth-order valence-corrected chi connectivity index (χ4v) is 7.89. The Kier molecular flexibility index (Phi) is 11.8. The molecule has 4 aromatic rings. The first-order chi connectivity index (χ1) is 21.6. The first-order valence-corrected chi connectivity index (χ1v) is 23.1. The number of ether oxygens (including phenoxy) is 5. The molecule has 0 atom stereocenters. The topological polar surface area (TPSA) is 46.2 Å². The van der Waals surface area contributed by atoms with Crippen LogP contribution in [0.5, 0.6) is 11.5 Å². The van der Waals surface area contributed by atoms with E-state index in [1.807, 2.05) is 12.1 Å². The van der Waals surface area contributed by atoms with Crippen LogP contribution in [-0.4, -0.2) is 49.7 Å². The highest BCUT2D eigenvalue weighted by Gasteiger charge is 2.35. The third-order valence-corrected chi connectivity index (χ3v) is 21.6. The van der Waals surface area contributed by atoms with Crippen LogP contribution in [0.3, 0.4) is 0 Å². The van der Waals surface area contributed by atoms with Crippen LogP contribution in [0.15, 0.2) is 72.8 Å². The lowest BCUT2D eigenvalue weighted by Gasteiger charge is -2.36. The predicted molar refractivity (Wildman–Crippen MR) is 200 cm³/mol. The molecule has 5 nitrogen and oxygen atoms in total. The Balaban J connectivity index is 1.54. The van der Waals surface area contributed by atoms with Crippen molar-refractivity contribution in [1.29, 1.82) is 0 Å². The van der Waals surface area contributed by atoms with E-state index < -0.39 is 16.1 Å². The van der Waals surface area contributed by atoms with E-state index in [-0.39, 0.29) is 20.4 Å². The number of hydrogen-bond donors (Lipinski definition) is 0. The summed E-state index contributed by atoms with van der Waals surface area (Å²) >= 11 is 0. The highest BCUT2D eigenvalue weighted by molar-refractivity contribution is 6.80. The van der Waals surface area contributed by atoms with Gasteiger partial charge in [-0.05, 0) is 55.8 Å². The predicted octanol–water partition coefficient (Wildman–Crippen LogP) is 11.4. The van der Waals surface area contributed by atoms with Crippen molar-refractivity contribution in [3.63, 3.8) is 0 Å². The molecule has 0 spiro atoms. The van der Waals surface area contributed by atoms with E-state index in [2.05, 4.69) is 128 Å². The van der Waals surface area contributed by atoms with Gasteiger partial charge in [0.05, 0.1) is 16.1 Å². The molecule has 0 bridgehead atoms. The molecule has 7 heteroatoms. The third-order valence-electron chi connectivity index (χ3n) is 10.6. The van der Waals surface area contributed by atoms with Crippen LogP contribution in [-0.2, 0) is 14.2 Å². The van der Waals surface area contributed by atoms with Crippen LogP contribution >= 0.6 is 0 Å². The number of fused-ring (bicyclic) bond motifs is 2. The third kappa shape index (κ3) is 8.81. The SMILES string of the molecule is CC(C)(C)[Si](C)(C)CCOCOCOc1ccc2ccccc2c1-c1c(OCOCC[Si](C)(C)C(C)(C)C)ccc2ccccc12. The van der Waals surface area contributed by atoms with Crippen molar-refractivity contribution in [2.24, 2.45) is 0 Å². The quantitative estimate of drug-likeness (QED) is 0.0721. The molecular formula is C39H56O5Si2. The average molecular weight is 661 g/mol. The number of rotatable bonds is 15. The first kappa shape index (κ1) is 36.2. The van der Waals surface area contributed by atoms with E-state index in [1.165, 1.54) is 0 Å². The Labute approximate surface area is 279 Å². The lowest BCUT2D eigenvalue weighted by atomic mass is 9.92. The Morgan fingerprint density at radius 1 is 0.478 bits per heavy atom. The normalized spacial score (nSPS) is 13.0. The zero-order chi connectivity index (χ0) is 33.6. The molecule has 0 heterocycles. The van der Waals surface area contributed by atoms with E-state index in [9.17, 15) is 0 Å². The van der Waals surface area contributed by atoms with E-state index in [1.54, 1.807) is 0 Å². The fourth-order valence-electron chi connectivity index (χ4n) is 5.09. The summed E-state index contributed by atoms with van der Waals surface area (Å²) in [5.74, 6) is 1.50. The summed E-state index contributed by atoms with van der Waals surface area (Å²) in [6.45, 7) is 25.6. The van der Waals surface area contributed by atoms with Gasteiger partial charge in [0, 0.05) is 24.3 Å². The highest BCUT2D eigenvalue weighted by Crippen LogP contribution is 2.46. The molecule has 4 aromatic carbocycles. The van der Waals surface area contributed by atoms with E-state index >= 15 is 0 Å². The van der Waals surface area contributed by atoms with Gasteiger partial charge in [0.1, 0.15) is 11.5 Å². The minimum atomic E-state index is -1.43. The van der Waals surface area contributed by atoms with Gasteiger partial charge in [-0.1, -0.05) is 128 Å². The zero-order valence-corrected chi connectivity index (χ0v) is 31.9. The molecule has 0 saturated carbocycles. The number of benzene rings is 4. The van der Waals surface area contributed by atoms with Gasteiger partial charge in [-0.2, -0.15) is 0 Å². The molecule has 0 unspecified atom stereocenters. The van der Waals surface area contributed by atoms with Crippen molar-refractivity contribution in [2.45, 2.75) is 89.9 Å². The van der Waals surface area contributed by atoms with Crippen molar-refractivity contribution < 1.29 is 23.7 Å². The molecule has 0 aliphatic heterocycles. The smallest absolute Gasteiger partial charge is 0.191 e. The lowest BCUT2D eigenvalue weighted by Crippen LogP contribution is -2.38. The average Bonchev–Trinajstić information content (AvgIpc) is 2.99. The maximum Gasteiger partial charge on any atom is 0.191 e. The van der Waals surface area contributed by atoms with Gasteiger partial charge in [-0.25, -0.2) is 0 Å². The van der Waals surface area contributed by atoms with Crippen molar-refractivity contribution in [3.05, 3.63) is 72.8 Å². The van der Waals surface area contributed by atoms with Gasteiger partial charge in [0.2, 0.25) is 0 Å². The van der Waals surface area contributed by atoms with E-state index in [4.69, 9.17) is 23.7 Å². The summed E-state index contributed by atoms with van der Waals surface area (Å²) in [4.78, 5) is 0. The van der Waals surface area contributed by atoms with Gasteiger partial charge < -0.3 is 23.7 Å². The zero-order valence-electron chi connectivity index (χ0n) is 29.9. The van der Waals surface area contributed by atoms with Crippen LogP contribution in [0.4, 0.5) is 0 Å². The van der Waals surface area contributed by atoms with Crippen molar-refractivity contribution >= 4 is 37.7 Å². The summed E-state index contributed by atoms with van der Waals surface area (Å²) < 4.78 is 30.5. The number of hydrogen-bond acceptors (Lipinski definition) is 5. The van der Waals surface area contributed by atoms with Gasteiger partial charge in [0.25, 0.3) is 0 Å². The molecule has 0 amide bonds. The van der Waals surface area contributed by atoms with Crippen molar-refractivity contribution in [1.82, 2.24) is 0 Å². The Morgan fingerprint density at radius 2 is 0.870 bits per heavy atom. The summed E-state index contributed by atoms with van der Waals surface area (Å²) in [7, 11) is -2.82. The molecule has 0 aliphatic rings. The molecule has 4 rings (SSSR count). The standard InChI is InChI=1S/C39H56O5Si2/c1-38(2,3)45(7,8)25-23-40-27-42-29-44-35-22-20-31-16-12-14-18-33(31)37(35)36-32-17-13-11-15-30(32)19-21-34(36)43-28-41-24-26-46(9,10)39(4,5)6/h11-22H,23-29H2,1-10H3. The van der Waals surface area contributed by atoms with E-state index in [0.29, 0.717) is 23.3 Å². The summed E-state index contributed by atoms with van der Waals surface area (Å²) in [5, 5.41) is 5.11. The van der Waals surface area contributed by atoms with Gasteiger partial charge in [-0.15, -0.1) is 0 Å². The summed E-state index contributed by atoms with van der Waals surface area (Å²) in [6, 6.07) is 27.3. The van der Waals surface area contributed by atoms with Crippen LogP contribution in [0.1, 0.15) is 41.5 Å².